The summed E-state index contributed by atoms with van der Waals surface area (Å²) in [4.78, 5) is 39.3. The summed E-state index contributed by atoms with van der Waals surface area (Å²) in [5, 5.41) is 0. The lowest BCUT2D eigenvalue weighted by molar-refractivity contribution is -0.174. The smallest absolute Gasteiger partial charge is 0.355 e. The molecule has 3 rings (SSSR count). The molecule has 2 fully saturated rings. The number of ether oxygens (including phenoxy) is 3. The lowest BCUT2D eigenvalue weighted by atomic mass is 9.90. The van der Waals surface area contributed by atoms with Gasteiger partial charge in [0, 0.05) is 32.0 Å². The van der Waals surface area contributed by atoms with E-state index in [0.29, 0.717) is 5.57 Å². The summed E-state index contributed by atoms with van der Waals surface area (Å²) in [5.74, 6) is -1.76. The van der Waals surface area contributed by atoms with Crippen LogP contribution in [0.1, 0.15) is 33.6 Å². The number of esters is 3. The van der Waals surface area contributed by atoms with Crippen LogP contribution in [0.25, 0.3) is 0 Å². The third kappa shape index (κ3) is 3.56. The second-order valence-electron chi connectivity index (χ2n) is 7.25. The molecule has 0 saturated carbocycles. The zero-order valence-corrected chi connectivity index (χ0v) is 15.9. The maximum atomic E-state index is 12.8. The molecule has 3 aliphatic heterocycles. The molecule has 27 heavy (non-hydrogen) atoms. The predicted octanol–water partition coefficient (Wildman–Crippen LogP) is 1.68. The molecule has 7 nitrogen and oxygen atoms in total. The fourth-order valence-electron chi connectivity index (χ4n) is 3.86. The molecule has 0 aromatic carbocycles. The normalized spacial score (nSPS) is 33.5. The van der Waals surface area contributed by atoms with E-state index in [-0.39, 0.29) is 30.7 Å². The zero-order valence-electron chi connectivity index (χ0n) is 15.9. The highest BCUT2D eigenvalue weighted by atomic mass is 16.6. The van der Waals surface area contributed by atoms with Crippen molar-refractivity contribution in [1.82, 2.24) is 4.90 Å². The van der Waals surface area contributed by atoms with Gasteiger partial charge in [-0.15, -0.1) is 0 Å². The van der Waals surface area contributed by atoms with Gasteiger partial charge < -0.3 is 14.2 Å². The predicted molar refractivity (Wildman–Crippen MR) is 96.6 cm³/mol. The van der Waals surface area contributed by atoms with Crippen molar-refractivity contribution in [2.45, 2.75) is 51.4 Å². The molecule has 3 aliphatic rings. The highest BCUT2D eigenvalue weighted by Gasteiger charge is 2.46. The van der Waals surface area contributed by atoms with Gasteiger partial charge in [-0.25, -0.2) is 9.59 Å². The second-order valence-corrected chi connectivity index (χ2v) is 7.25. The van der Waals surface area contributed by atoms with E-state index in [1.807, 2.05) is 6.08 Å². The molecule has 0 radical (unpaired) electrons. The van der Waals surface area contributed by atoms with Crippen LogP contribution < -0.4 is 0 Å². The Morgan fingerprint density at radius 3 is 2.85 bits per heavy atom. The van der Waals surface area contributed by atoms with Gasteiger partial charge in [-0.3, -0.25) is 9.69 Å². The average molecular weight is 375 g/mol. The number of allylic oxidation sites excluding steroid dienone is 1. The van der Waals surface area contributed by atoms with E-state index in [0.717, 1.165) is 25.1 Å². The lowest BCUT2D eigenvalue weighted by Crippen LogP contribution is -2.45. The van der Waals surface area contributed by atoms with Crippen LogP contribution in [-0.2, 0) is 28.6 Å². The van der Waals surface area contributed by atoms with E-state index < -0.39 is 23.5 Å². The number of carbonyl (C=O) groups excluding carboxylic acids is 3. The van der Waals surface area contributed by atoms with Crippen molar-refractivity contribution in [1.29, 1.82) is 0 Å². The van der Waals surface area contributed by atoms with Crippen LogP contribution in [-0.4, -0.2) is 60.3 Å². The molecule has 3 heterocycles. The van der Waals surface area contributed by atoms with Gasteiger partial charge in [0.25, 0.3) is 0 Å². The van der Waals surface area contributed by atoms with Gasteiger partial charge in [0.1, 0.15) is 12.7 Å². The lowest BCUT2D eigenvalue weighted by Gasteiger charge is -2.31. The first kappa shape index (κ1) is 19.4. The van der Waals surface area contributed by atoms with Gasteiger partial charge >= 0.3 is 17.9 Å². The Hall–Kier alpha value is -2.41. The number of hydrogen-bond donors (Lipinski definition) is 0. The van der Waals surface area contributed by atoms with E-state index in [1.54, 1.807) is 13.0 Å². The van der Waals surface area contributed by atoms with Crippen molar-refractivity contribution >= 4 is 17.9 Å². The summed E-state index contributed by atoms with van der Waals surface area (Å²) in [6.07, 6.45) is 4.16. The largest absolute Gasteiger partial charge is 0.458 e. The van der Waals surface area contributed by atoms with Gasteiger partial charge in [0.05, 0.1) is 6.04 Å². The van der Waals surface area contributed by atoms with Gasteiger partial charge in [-0.1, -0.05) is 18.7 Å². The van der Waals surface area contributed by atoms with Crippen LogP contribution in [0, 0.1) is 0 Å². The highest BCUT2D eigenvalue weighted by molar-refractivity contribution is 5.91. The van der Waals surface area contributed by atoms with Crippen LogP contribution >= 0.6 is 0 Å². The maximum Gasteiger partial charge on any atom is 0.355 e. The molecule has 0 N–H and O–H groups in total. The summed E-state index contributed by atoms with van der Waals surface area (Å²) < 4.78 is 16.6. The Morgan fingerprint density at radius 2 is 2.19 bits per heavy atom. The van der Waals surface area contributed by atoms with Crippen LogP contribution in [0.15, 0.2) is 35.5 Å². The summed E-state index contributed by atoms with van der Waals surface area (Å²) >= 11 is 0. The van der Waals surface area contributed by atoms with Crippen molar-refractivity contribution in [2.24, 2.45) is 0 Å². The molecule has 0 aromatic heterocycles. The first-order valence-electron chi connectivity index (χ1n) is 9.10. The van der Waals surface area contributed by atoms with E-state index in [9.17, 15) is 14.4 Å². The number of rotatable bonds is 1. The average Bonchev–Trinajstić information content (AvgIpc) is 3.18. The van der Waals surface area contributed by atoms with Crippen molar-refractivity contribution in [3.8, 4) is 0 Å². The van der Waals surface area contributed by atoms with E-state index in [2.05, 4.69) is 11.5 Å². The van der Waals surface area contributed by atoms with Crippen LogP contribution in [0.5, 0.6) is 0 Å². The third-order valence-electron chi connectivity index (χ3n) is 5.47. The summed E-state index contributed by atoms with van der Waals surface area (Å²) in [5.41, 5.74) is -0.142. The molecule has 0 spiro atoms. The Labute approximate surface area is 158 Å². The minimum atomic E-state index is -1.67. The van der Waals surface area contributed by atoms with E-state index in [1.165, 1.54) is 13.8 Å². The SMILES string of the molecule is C=C1C/C(=C/C)C(=O)O[C@@H]2CCN3CC=C(COC(=O)C1(C)OC(C)=O)C23. The Balaban J connectivity index is 1.95. The van der Waals surface area contributed by atoms with Crippen molar-refractivity contribution in [2.75, 3.05) is 19.7 Å². The third-order valence-corrected chi connectivity index (χ3v) is 5.47. The quantitative estimate of drug-likeness (QED) is 0.298. The second kappa shape index (κ2) is 7.31. The number of nitrogens with zero attached hydrogens (tertiary/aromatic N) is 1. The molecule has 2 saturated heterocycles. The van der Waals surface area contributed by atoms with Gasteiger partial charge in [-0.05, 0) is 31.4 Å². The summed E-state index contributed by atoms with van der Waals surface area (Å²) in [7, 11) is 0. The first-order valence-corrected chi connectivity index (χ1v) is 9.10. The van der Waals surface area contributed by atoms with E-state index >= 15 is 0 Å². The van der Waals surface area contributed by atoms with Gasteiger partial charge in [0.2, 0.25) is 5.60 Å². The minimum Gasteiger partial charge on any atom is -0.458 e. The van der Waals surface area contributed by atoms with Gasteiger partial charge in [0.15, 0.2) is 0 Å². The number of carbonyl (C=O) groups is 3. The fourth-order valence-corrected chi connectivity index (χ4v) is 3.86. The molecule has 0 aromatic rings. The first-order chi connectivity index (χ1) is 12.8. The molecular formula is C20H25NO6. The maximum absolute atomic E-state index is 12.8. The highest BCUT2D eigenvalue weighted by Crippen LogP contribution is 2.34. The zero-order chi connectivity index (χ0) is 19.8. The molecular weight excluding hydrogens is 350 g/mol. The van der Waals surface area contributed by atoms with Crippen LogP contribution in [0.2, 0.25) is 0 Å². The molecule has 0 bridgehead atoms. The van der Waals surface area contributed by atoms with Crippen molar-refractivity contribution < 1.29 is 28.6 Å². The summed E-state index contributed by atoms with van der Waals surface area (Å²) in [6, 6.07) is -0.0811. The topological polar surface area (TPSA) is 82.1 Å². The standard InChI is InChI=1S/C20H25NO6/c1-5-14-10-12(2)20(4,27-13(3)22)19(24)25-11-15-6-8-21-9-7-16(17(15)21)26-18(14)23/h5-6,16-17H,2,7-11H2,1,3-4H3/b14-5-/t16-,17?,20?/m1/s1. The Bertz CT molecular complexity index is 752. The van der Waals surface area contributed by atoms with Gasteiger partial charge in [-0.2, -0.15) is 0 Å². The van der Waals surface area contributed by atoms with Crippen LogP contribution in [0.4, 0.5) is 0 Å². The molecule has 7 heteroatoms. The molecule has 146 valence electrons. The molecule has 0 aliphatic carbocycles. The monoisotopic (exact) mass is 375 g/mol. The van der Waals surface area contributed by atoms with E-state index in [4.69, 9.17) is 14.2 Å². The number of cyclic esters (lactones) is 1. The molecule has 0 amide bonds. The summed E-state index contributed by atoms with van der Waals surface area (Å²) in [6.45, 7) is 9.89. The Kier molecular flexibility index (Phi) is 5.24. The number of hydrogen-bond acceptors (Lipinski definition) is 7. The van der Waals surface area contributed by atoms with Crippen molar-refractivity contribution in [3.63, 3.8) is 0 Å². The molecule has 2 unspecified atom stereocenters. The molecule has 3 atom stereocenters. The van der Waals surface area contributed by atoms with Crippen LogP contribution in [0.3, 0.4) is 0 Å². The minimum absolute atomic E-state index is 0.0536. The fraction of sp³-hybridized carbons (Fsp3) is 0.550. The Morgan fingerprint density at radius 1 is 1.44 bits per heavy atom. The van der Waals surface area contributed by atoms with Crippen molar-refractivity contribution in [3.05, 3.63) is 35.5 Å².